The van der Waals surface area contributed by atoms with Crippen LogP contribution in [0.2, 0.25) is 5.02 Å². The van der Waals surface area contributed by atoms with Crippen molar-refractivity contribution in [3.05, 3.63) is 69.2 Å². The van der Waals surface area contributed by atoms with Crippen LogP contribution >= 0.6 is 11.6 Å². The van der Waals surface area contributed by atoms with Gasteiger partial charge in [-0.3, -0.25) is 19.2 Å². The largest absolute Gasteiger partial charge is 0.461 e. The molecule has 2 fully saturated rings. The lowest BCUT2D eigenvalue weighted by atomic mass is 9.94. The van der Waals surface area contributed by atoms with Crippen molar-refractivity contribution in [3.63, 3.8) is 0 Å². The van der Waals surface area contributed by atoms with Crippen molar-refractivity contribution >= 4 is 29.0 Å². The lowest BCUT2D eigenvalue weighted by molar-refractivity contribution is -0.139. The van der Waals surface area contributed by atoms with Crippen LogP contribution in [0, 0.1) is 6.92 Å². The van der Waals surface area contributed by atoms with Crippen LogP contribution in [0.1, 0.15) is 82.3 Å². The summed E-state index contributed by atoms with van der Waals surface area (Å²) in [6.45, 7) is 8.13. The molecule has 1 aromatic carbocycles. The minimum Gasteiger partial charge on any atom is -0.461 e. The molecule has 288 valence electrons. The summed E-state index contributed by atoms with van der Waals surface area (Å²) in [6, 6.07) is 2.55. The zero-order chi connectivity index (χ0) is 38.2. The Morgan fingerprint density at radius 2 is 1.85 bits per heavy atom. The first-order valence-electron chi connectivity index (χ1n) is 17.3. The van der Waals surface area contributed by atoms with Crippen molar-refractivity contribution in [1.82, 2.24) is 29.7 Å². The molecular weight excluding hydrogens is 727 g/mol. The minimum absolute atomic E-state index is 0.0336. The van der Waals surface area contributed by atoms with E-state index in [0.717, 1.165) is 61.2 Å². The third kappa shape index (κ3) is 7.93. The van der Waals surface area contributed by atoms with E-state index < -0.39 is 28.9 Å². The van der Waals surface area contributed by atoms with Gasteiger partial charge in [0, 0.05) is 43.4 Å². The quantitative estimate of drug-likeness (QED) is 0.162. The predicted octanol–water partition coefficient (Wildman–Crippen LogP) is 6.50. The molecule has 1 amide bonds. The average Bonchev–Trinajstić information content (AvgIpc) is 3.72. The van der Waals surface area contributed by atoms with Gasteiger partial charge in [0.15, 0.2) is 5.69 Å². The molecule has 1 atom stereocenters. The molecule has 0 radical (unpaired) electrons. The summed E-state index contributed by atoms with van der Waals surface area (Å²) in [6.07, 6.45) is -2.53. The summed E-state index contributed by atoms with van der Waals surface area (Å²) in [5, 5.41) is 5.28. The number of hydroxylamine groups is 2. The number of benzene rings is 1. The molecular formula is C35H42ClF5N8O4. The second kappa shape index (κ2) is 15.4. The van der Waals surface area contributed by atoms with Gasteiger partial charge in [-0.25, -0.2) is 5.06 Å². The summed E-state index contributed by atoms with van der Waals surface area (Å²) >= 11 is 6.10. The smallest absolute Gasteiger partial charge is 0.418 e. The molecule has 0 bridgehead atoms. The van der Waals surface area contributed by atoms with Crippen LogP contribution in [0.4, 0.5) is 33.5 Å². The number of carbonyl (C=O) groups is 1. The Hall–Kier alpha value is -4.06. The zero-order valence-corrected chi connectivity index (χ0v) is 30.5. The average molecular weight is 769 g/mol. The van der Waals surface area contributed by atoms with Gasteiger partial charge in [-0.1, -0.05) is 11.6 Å². The van der Waals surface area contributed by atoms with Crippen LogP contribution in [0.3, 0.4) is 0 Å². The number of ether oxygens (including phenoxy) is 2. The van der Waals surface area contributed by atoms with Gasteiger partial charge in [0.2, 0.25) is 0 Å². The van der Waals surface area contributed by atoms with Crippen LogP contribution in [-0.2, 0) is 41.9 Å². The lowest BCUT2D eigenvalue weighted by Crippen LogP contribution is -2.43. The summed E-state index contributed by atoms with van der Waals surface area (Å²) in [5.41, 5.74) is 8.03. The number of hydrogen-bond acceptors (Lipinski definition) is 10. The first-order valence-corrected chi connectivity index (χ1v) is 17.7. The van der Waals surface area contributed by atoms with Gasteiger partial charge in [-0.05, 0) is 76.4 Å². The number of amides is 1. The molecule has 4 aliphatic rings. The number of fused-ring (bicyclic) bond motifs is 3. The summed E-state index contributed by atoms with van der Waals surface area (Å²) < 4.78 is 77.4. The molecule has 2 saturated heterocycles. The number of rotatable bonds is 7. The topological polar surface area (TPSA) is 124 Å². The maximum atomic E-state index is 14.3. The predicted molar refractivity (Wildman–Crippen MR) is 185 cm³/mol. The molecule has 2 aromatic heterocycles. The first-order chi connectivity index (χ1) is 25.1. The Bertz CT molecular complexity index is 1860. The number of anilines is 2. The zero-order valence-electron chi connectivity index (χ0n) is 29.7. The molecule has 1 unspecified atom stereocenters. The monoisotopic (exact) mass is 768 g/mol. The fourth-order valence-electron chi connectivity index (χ4n) is 7.88. The Morgan fingerprint density at radius 3 is 2.51 bits per heavy atom. The third-order valence-electron chi connectivity index (χ3n) is 10.4. The van der Waals surface area contributed by atoms with E-state index in [0.29, 0.717) is 55.4 Å². The van der Waals surface area contributed by atoms with Crippen LogP contribution in [0.25, 0.3) is 0 Å². The van der Waals surface area contributed by atoms with E-state index in [1.165, 1.54) is 20.2 Å². The van der Waals surface area contributed by atoms with Crippen molar-refractivity contribution in [3.8, 4) is 6.01 Å². The molecule has 12 nitrogen and oxygen atoms in total. The number of aromatic nitrogens is 4. The molecule has 18 heteroatoms. The van der Waals surface area contributed by atoms with Gasteiger partial charge in [0.25, 0.3) is 12.0 Å². The van der Waals surface area contributed by atoms with Gasteiger partial charge < -0.3 is 20.1 Å². The fourth-order valence-corrected chi connectivity index (χ4v) is 8.22. The van der Waals surface area contributed by atoms with E-state index in [4.69, 9.17) is 41.6 Å². The van der Waals surface area contributed by atoms with E-state index in [1.54, 1.807) is 0 Å². The highest BCUT2D eigenvalue weighted by molar-refractivity contribution is 6.31. The number of nitrogen functional groups attached to an aromatic ring is 1. The van der Waals surface area contributed by atoms with Gasteiger partial charge in [-0.15, -0.1) is 0 Å². The molecule has 0 saturated carbocycles. The second-order valence-electron chi connectivity index (χ2n) is 13.7. The first kappa shape index (κ1) is 38.7. The van der Waals surface area contributed by atoms with Gasteiger partial charge in [0.1, 0.15) is 12.4 Å². The van der Waals surface area contributed by atoms with Crippen molar-refractivity contribution in [2.75, 3.05) is 51.0 Å². The highest BCUT2D eigenvalue weighted by atomic mass is 35.5. The number of hydrogen-bond donors (Lipinski definition) is 1. The standard InChI is InChI=1S/C33H40ClF3N8O4.C2H2F2/c1-19-25-16-43(9-6-12-45(25)41-28(19)30(46)42(2)47-3)29-22-17-48-26(21-13-20(38)14-23(34)27(21)33(35,36)37)15-24(22)39-31(40-29)49-18-32-7-4-10-44(32)11-5-8-32;1-2(3)4/h13-14,26H,4-12,15-18,38H2,1-3H3;1H2. The van der Waals surface area contributed by atoms with Crippen LogP contribution in [-0.4, -0.2) is 81.6 Å². The van der Waals surface area contributed by atoms with Crippen molar-refractivity contribution in [1.29, 1.82) is 0 Å². The lowest BCUT2D eigenvalue weighted by Gasteiger charge is -2.33. The number of aryl methyl sites for hydroxylation is 1. The van der Waals surface area contributed by atoms with Crippen LogP contribution < -0.4 is 15.4 Å². The normalized spacial score (nSPS) is 19.4. The van der Waals surface area contributed by atoms with E-state index in [-0.39, 0.29) is 41.7 Å². The number of nitrogens with zero attached hydrogens (tertiary/aromatic N) is 7. The summed E-state index contributed by atoms with van der Waals surface area (Å²) in [5.74, 6) is 0.233. The Balaban J connectivity index is 0.00000114. The highest BCUT2D eigenvalue weighted by Gasteiger charge is 2.45. The summed E-state index contributed by atoms with van der Waals surface area (Å²) in [7, 11) is 2.95. The molecule has 0 spiro atoms. The third-order valence-corrected chi connectivity index (χ3v) is 10.7. The molecule has 4 aliphatic heterocycles. The van der Waals surface area contributed by atoms with Crippen molar-refractivity contribution in [2.45, 2.75) is 83.0 Å². The Kier molecular flexibility index (Phi) is 11.2. The van der Waals surface area contributed by atoms with Crippen LogP contribution in [0.15, 0.2) is 24.8 Å². The Morgan fingerprint density at radius 1 is 1.15 bits per heavy atom. The van der Waals surface area contributed by atoms with Crippen molar-refractivity contribution in [2.24, 2.45) is 0 Å². The fraction of sp³-hybridized carbons (Fsp3) is 0.543. The summed E-state index contributed by atoms with van der Waals surface area (Å²) in [4.78, 5) is 32.4. The molecule has 7 rings (SSSR count). The van der Waals surface area contributed by atoms with Crippen molar-refractivity contribution < 1.29 is 41.1 Å². The molecule has 3 aromatic rings. The van der Waals surface area contributed by atoms with Gasteiger partial charge in [-0.2, -0.15) is 37.0 Å². The number of alkyl halides is 3. The second-order valence-corrected chi connectivity index (χ2v) is 14.1. The number of nitrogens with two attached hydrogens (primary N) is 1. The van der Waals surface area contributed by atoms with E-state index in [9.17, 15) is 26.7 Å². The van der Waals surface area contributed by atoms with E-state index in [1.807, 2.05) is 11.6 Å². The molecule has 2 N–H and O–H groups in total. The molecule has 0 aliphatic carbocycles. The van der Waals surface area contributed by atoms with Crippen LogP contribution in [0.5, 0.6) is 6.01 Å². The minimum atomic E-state index is -4.71. The number of carbonyl (C=O) groups excluding carboxylic acids is 1. The molecule has 53 heavy (non-hydrogen) atoms. The molecule has 6 heterocycles. The van der Waals surface area contributed by atoms with Gasteiger partial charge in [0.05, 0.1) is 53.9 Å². The Labute approximate surface area is 308 Å². The maximum Gasteiger partial charge on any atom is 0.418 e. The van der Waals surface area contributed by atoms with E-state index in [2.05, 4.69) is 21.5 Å². The highest BCUT2D eigenvalue weighted by Crippen LogP contribution is 2.45. The number of halogens is 6. The SMILES string of the molecule is C=C(F)F.CON(C)C(=O)c1nn2c(c1C)CN(c1nc(OCC34CCCN3CCC4)nc3c1COC(c1cc(N)cc(Cl)c1C(F)(F)F)C3)CCC2. The van der Waals surface area contributed by atoms with E-state index >= 15 is 0 Å². The maximum absolute atomic E-state index is 14.3. The van der Waals surface area contributed by atoms with Gasteiger partial charge >= 0.3 is 12.2 Å².